The molecule has 2 aromatic carbocycles. The minimum atomic E-state index is -0.337. The Morgan fingerprint density at radius 2 is 1.68 bits per heavy atom. The molecule has 8 heteroatoms. The van der Waals surface area contributed by atoms with Gasteiger partial charge >= 0.3 is 0 Å². The van der Waals surface area contributed by atoms with E-state index in [2.05, 4.69) is 22.5 Å². The van der Waals surface area contributed by atoms with Gasteiger partial charge in [-0.25, -0.2) is 4.98 Å². The maximum absolute atomic E-state index is 11.5. The number of fused-ring (bicyclic) bond motifs is 2. The third kappa shape index (κ3) is 5.44. The smallest absolute Gasteiger partial charge is 0.280 e. The van der Waals surface area contributed by atoms with Gasteiger partial charge in [0.1, 0.15) is 5.39 Å². The van der Waals surface area contributed by atoms with E-state index in [4.69, 9.17) is 0 Å². The summed E-state index contributed by atoms with van der Waals surface area (Å²) in [7, 11) is 0. The Morgan fingerprint density at radius 3 is 2.43 bits per heavy atom. The van der Waals surface area contributed by atoms with Gasteiger partial charge in [-0.1, -0.05) is 37.6 Å². The molecule has 6 nitrogen and oxygen atoms in total. The van der Waals surface area contributed by atoms with Crippen LogP contribution in [0.3, 0.4) is 0 Å². The van der Waals surface area contributed by atoms with Gasteiger partial charge in [0.2, 0.25) is 0 Å². The number of aromatic nitrogens is 1. The number of benzene rings is 2. The number of hydrogen-bond donors (Lipinski definition) is 2. The second-order valence-corrected chi connectivity index (χ2v) is 6.32. The summed E-state index contributed by atoms with van der Waals surface area (Å²) in [6, 6.07) is 12.8. The van der Waals surface area contributed by atoms with E-state index in [1.165, 1.54) is 18.9 Å². The van der Waals surface area contributed by atoms with E-state index in [9.17, 15) is 10.1 Å². The molecule has 0 radical (unpaired) electrons. The Balaban J connectivity index is 0.00000196. The average molecular weight is 425 g/mol. The molecule has 0 amide bonds. The lowest BCUT2D eigenvalue weighted by Crippen LogP contribution is -2.19. The van der Waals surface area contributed by atoms with Crippen LogP contribution in [0.2, 0.25) is 0 Å². The number of halogens is 2. The van der Waals surface area contributed by atoms with Gasteiger partial charge in [0.05, 0.1) is 21.6 Å². The Bertz CT molecular complexity index is 921. The second-order valence-electron chi connectivity index (χ2n) is 6.32. The van der Waals surface area contributed by atoms with Crippen molar-refractivity contribution in [3.63, 3.8) is 0 Å². The number of hydrogen-bond acceptors (Lipinski definition) is 5. The quantitative estimate of drug-likeness (QED) is 0.210. The largest absolute Gasteiger partial charge is 0.384 e. The summed E-state index contributed by atoms with van der Waals surface area (Å²) >= 11 is 0. The molecule has 0 atom stereocenters. The highest BCUT2D eigenvalue weighted by atomic mass is 35.5. The molecule has 0 aliphatic heterocycles. The molecule has 0 unspecified atom stereocenters. The number of nitro benzene ring substituents is 1. The van der Waals surface area contributed by atoms with Crippen LogP contribution in [0.5, 0.6) is 0 Å². The molecule has 1 aromatic heterocycles. The minimum Gasteiger partial charge on any atom is -0.384 e. The first-order valence-electron chi connectivity index (χ1n) is 9.13. The lowest BCUT2D eigenvalue weighted by Gasteiger charge is -2.13. The SMILES string of the molecule is CCCCNCCCNc1c2ccccc2nc2cccc([N+](=O)[O-])c12.Cl.Cl. The van der Waals surface area contributed by atoms with Crippen molar-refractivity contribution in [1.29, 1.82) is 0 Å². The van der Waals surface area contributed by atoms with Crippen molar-refractivity contribution < 1.29 is 4.92 Å². The molecule has 1 heterocycles. The van der Waals surface area contributed by atoms with Crippen LogP contribution < -0.4 is 10.6 Å². The van der Waals surface area contributed by atoms with Crippen LogP contribution in [0.15, 0.2) is 42.5 Å². The van der Waals surface area contributed by atoms with Gasteiger partial charge in [-0.15, -0.1) is 24.8 Å². The van der Waals surface area contributed by atoms with Crippen molar-refractivity contribution in [1.82, 2.24) is 10.3 Å². The van der Waals surface area contributed by atoms with Crippen molar-refractivity contribution in [3.05, 3.63) is 52.6 Å². The molecule has 3 aromatic rings. The van der Waals surface area contributed by atoms with E-state index in [1.54, 1.807) is 6.07 Å². The number of non-ortho nitro benzene ring substituents is 1. The highest BCUT2D eigenvalue weighted by Gasteiger charge is 2.18. The number of anilines is 1. The van der Waals surface area contributed by atoms with Gasteiger partial charge in [0.15, 0.2) is 0 Å². The normalized spacial score (nSPS) is 10.3. The summed E-state index contributed by atoms with van der Waals surface area (Å²) < 4.78 is 0. The first kappa shape index (κ1) is 23.9. The van der Waals surface area contributed by atoms with Gasteiger partial charge in [0.25, 0.3) is 5.69 Å². The fraction of sp³-hybridized carbons (Fsp3) is 0.350. The maximum atomic E-state index is 11.5. The summed E-state index contributed by atoms with van der Waals surface area (Å²) in [4.78, 5) is 15.8. The zero-order valence-electron chi connectivity index (χ0n) is 15.8. The van der Waals surface area contributed by atoms with E-state index in [0.29, 0.717) is 10.9 Å². The van der Waals surface area contributed by atoms with Crippen LogP contribution in [0, 0.1) is 10.1 Å². The third-order valence-corrected chi connectivity index (χ3v) is 4.42. The van der Waals surface area contributed by atoms with E-state index < -0.39 is 0 Å². The standard InChI is InChI=1S/C20H24N4O2.2ClH/c1-2-3-12-21-13-7-14-22-20-15-8-4-5-9-16(15)23-17-10-6-11-18(19(17)20)24(25)26;;/h4-6,8-11,21H,2-3,7,12-14H2,1H3,(H,22,23);2*1H. The Hall–Kier alpha value is -2.15. The van der Waals surface area contributed by atoms with Crippen LogP contribution >= 0.6 is 24.8 Å². The lowest BCUT2D eigenvalue weighted by atomic mass is 10.1. The molecular weight excluding hydrogens is 399 g/mol. The van der Waals surface area contributed by atoms with Crippen LogP contribution in [0.1, 0.15) is 26.2 Å². The number of nitrogens with one attached hydrogen (secondary N) is 2. The summed E-state index contributed by atoms with van der Waals surface area (Å²) in [5, 5.41) is 19.9. The lowest BCUT2D eigenvalue weighted by molar-refractivity contribution is -0.383. The highest BCUT2D eigenvalue weighted by molar-refractivity contribution is 6.11. The fourth-order valence-corrected chi connectivity index (χ4v) is 3.11. The van der Waals surface area contributed by atoms with E-state index in [0.717, 1.165) is 42.6 Å². The minimum absolute atomic E-state index is 0. The molecule has 152 valence electrons. The van der Waals surface area contributed by atoms with E-state index in [-0.39, 0.29) is 35.4 Å². The molecule has 0 spiro atoms. The first-order valence-corrected chi connectivity index (χ1v) is 9.13. The summed E-state index contributed by atoms with van der Waals surface area (Å²) in [5.74, 6) is 0. The summed E-state index contributed by atoms with van der Waals surface area (Å²) in [5.41, 5.74) is 2.36. The first-order chi connectivity index (χ1) is 12.7. The molecule has 3 rings (SSSR count). The van der Waals surface area contributed by atoms with Crippen LogP contribution in [0.4, 0.5) is 11.4 Å². The zero-order valence-corrected chi connectivity index (χ0v) is 17.4. The molecule has 2 N–H and O–H groups in total. The van der Waals surface area contributed by atoms with Crippen molar-refractivity contribution in [2.75, 3.05) is 25.0 Å². The third-order valence-electron chi connectivity index (χ3n) is 4.42. The van der Waals surface area contributed by atoms with Gasteiger partial charge in [-0.3, -0.25) is 10.1 Å². The maximum Gasteiger partial charge on any atom is 0.280 e. The number of para-hydroxylation sites is 1. The van der Waals surface area contributed by atoms with Crippen molar-refractivity contribution in [3.8, 4) is 0 Å². The summed E-state index contributed by atoms with van der Waals surface area (Å²) in [6.45, 7) is 4.88. The molecule has 28 heavy (non-hydrogen) atoms. The molecule has 0 aliphatic rings. The fourth-order valence-electron chi connectivity index (χ4n) is 3.11. The Morgan fingerprint density at radius 1 is 0.964 bits per heavy atom. The second kappa shape index (κ2) is 11.6. The number of unbranched alkanes of at least 4 members (excludes halogenated alkanes) is 1. The molecule has 0 fully saturated rings. The van der Waals surface area contributed by atoms with Gasteiger partial charge in [-0.05, 0) is 38.1 Å². The van der Waals surface area contributed by atoms with E-state index >= 15 is 0 Å². The predicted octanol–water partition coefficient (Wildman–Crippen LogP) is 5.33. The molecule has 0 saturated heterocycles. The monoisotopic (exact) mass is 424 g/mol. The predicted molar refractivity (Wildman–Crippen MR) is 121 cm³/mol. The highest BCUT2D eigenvalue weighted by Crippen LogP contribution is 2.36. The molecule has 0 bridgehead atoms. The number of pyridine rings is 1. The van der Waals surface area contributed by atoms with E-state index in [1.807, 2.05) is 30.3 Å². The van der Waals surface area contributed by atoms with Crippen molar-refractivity contribution in [2.45, 2.75) is 26.2 Å². The molecular formula is C20H26Cl2N4O2. The molecule has 0 saturated carbocycles. The molecule has 0 aliphatic carbocycles. The van der Waals surface area contributed by atoms with Gasteiger partial charge < -0.3 is 10.6 Å². The van der Waals surface area contributed by atoms with Crippen LogP contribution in [-0.4, -0.2) is 29.5 Å². The topological polar surface area (TPSA) is 80.1 Å². The van der Waals surface area contributed by atoms with Crippen molar-refractivity contribution in [2.24, 2.45) is 0 Å². The average Bonchev–Trinajstić information content (AvgIpc) is 2.65. The number of nitrogens with zero attached hydrogens (tertiary/aromatic N) is 2. The van der Waals surface area contributed by atoms with Crippen LogP contribution in [-0.2, 0) is 0 Å². The zero-order chi connectivity index (χ0) is 18.4. The van der Waals surface area contributed by atoms with Gasteiger partial charge in [0, 0.05) is 18.0 Å². The number of rotatable bonds is 9. The summed E-state index contributed by atoms with van der Waals surface area (Å²) in [6.07, 6.45) is 3.31. The van der Waals surface area contributed by atoms with Gasteiger partial charge in [-0.2, -0.15) is 0 Å². The Kier molecular flexibility index (Phi) is 9.93. The van der Waals surface area contributed by atoms with Crippen LogP contribution in [0.25, 0.3) is 21.8 Å². The Labute approximate surface area is 177 Å². The number of nitro groups is 1. The van der Waals surface area contributed by atoms with Crippen molar-refractivity contribution >= 4 is 58.0 Å².